The third-order valence-electron chi connectivity index (χ3n) is 4.88. The van der Waals surface area contributed by atoms with Gasteiger partial charge in [0.1, 0.15) is 0 Å². The number of anilines is 1. The van der Waals surface area contributed by atoms with Gasteiger partial charge in [0.05, 0.1) is 17.9 Å². The van der Waals surface area contributed by atoms with Crippen molar-refractivity contribution in [3.8, 4) is 0 Å². The molecule has 154 valence electrons. The van der Waals surface area contributed by atoms with Gasteiger partial charge in [-0.05, 0) is 66.6 Å². The van der Waals surface area contributed by atoms with E-state index < -0.39 is 0 Å². The highest BCUT2D eigenvalue weighted by atomic mass is 79.9. The lowest BCUT2D eigenvalue weighted by atomic mass is 10.1. The van der Waals surface area contributed by atoms with Gasteiger partial charge < -0.3 is 4.74 Å². The molecule has 0 aliphatic carbocycles. The van der Waals surface area contributed by atoms with Crippen molar-refractivity contribution in [3.63, 3.8) is 0 Å². The van der Waals surface area contributed by atoms with Crippen LogP contribution in [0.2, 0.25) is 0 Å². The molecule has 1 aliphatic rings. The smallest absolute Gasteiger partial charge is 0.338 e. The van der Waals surface area contributed by atoms with E-state index in [2.05, 4.69) is 15.9 Å². The van der Waals surface area contributed by atoms with Crippen LogP contribution in [0.5, 0.6) is 0 Å². The van der Waals surface area contributed by atoms with E-state index in [0.29, 0.717) is 23.4 Å². The summed E-state index contributed by atoms with van der Waals surface area (Å²) in [6, 6.07) is 24.5. The van der Waals surface area contributed by atoms with Crippen molar-refractivity contribution in [2.45, 2.75) is 6.92 Å². The lowest BCUT2D eigenvalue weighted by Gasteiger charge is -2.21. The van der Waals surface area contributed by atoms with Crippen LogP contribution >= 0.6 is 15.9 Å². The number of amides is 1. The van der Waals surface area contributed by atoms with Gasteiger partial charge in [0.2, 0.25) is 0 Å². The largest absolute Gasteiger partial charge is 0.462 e. The van der Waals surface area contributed by atoms with E-state index in [0.717, 1.165) is 21.3 Å². The molecular weight excluding hydrogens is 454 g/mol. The van der Waals surface area contributed by atoms with Crippen molar-refractivity contribution in [1.82, 2.24) is 0 Å². The van der Waals surface area contributed by atoms with E-state index in [1.807, 2.05) is 66.7 Å². The average Bonchev–Trinajstić information content (AvgIpc) is 3.12. The third kappa shape index (κ3) is 4.52. The Hall–Kier alpha value is -3.44. The van der Waals surface area contributed by atoms with Crippen molar-refractivity contribution >= 4 is 45.3 Å². The Balaban J connectivity index is 1.73. The standard InChI is InChI=1S/C26H20BrNO3/c1-2-31-26(30)20-10-14-23(15-11-20)28-24(19-6-4-3-5-7-19)17-21(25(28)29)16-18-8-12-22(27)13-9-18/h3-17H,2H2,1H3/b21-16+. The molecule has 3 aromatic rings. The molecule has 0 radical (unpaired) electrons. The fourth-order valence-electron chi connectivity index (χ4n) is 3.39. The van der Waals surface area contributed by atoms with Crippen LogP contribution in [-0.2, 0) is 9.53 Å². The molecule has 1 amide bonds. The number of carbonyl (C=O) groups is 2. The number of nitrogens with zero attached hydrogens (tertiary/aromatic N) is 1. The molecule has 0 aromatic heterocycles. The number of halogens is 1. The van der Waals surface area contributed by atoms with Gasteiger partial charge in [-0.1, -0.05) is 58.4 Å². The van der Waals surface area contributed by atoms with E-state index >= 15 is 0 Å². The number of rotatable bonds is 5. The maximum Gasteiger partial charge on any atom is 0.338 e. The predicted octanol–water partition coefficient (Wildman–Crippen LogP) is 6.10. The molecule has 1 aliphatic heterocycles. The number of esters is 1. The zero-order chi connectivity index (χ0) is 21.8. The fraction of sp³-hybridized carbons (Fsp3) is 0.0769. The summed E-state index contributed by atoms with van der Waals surface area (Å²) in [6.07, 6.45) is 3.78. The molecule has 4 nitrogen and oxygen atoms in total. The summed E-state index contributed by atoms with van der Waals surface area (Å²) in [7, 11) is 0. The second kappa shape index (κ2) is 9.14. The Kier molecular flexibility index (Phi) is 6.14. The Morgan fingerprint density at radius 3 is 2.29 bits per heavy atom. The van der Waals surface area contributed by atoms with Gasteiger partial charge >= 0.3 is 5.97 Å². The van der Waals surface area contributed by atoms with Gasteiger partial charge in [0.15, 0.2) is 0 Å². The van der Waals surface area contributed by atoms with E-state index in [9.17, 15) is 9.59 Å². The van der Waals surface area contributed by atoms with Crippen LogP contribution in [0.1, 0.15) is 28.4 Å². The van der Waals surface area contributed by atoms with Gasteiger partial charge in [-0.25, -0.2) is 4.79 Å². The first-order valence-corrected chi connectivity index (χ1v) is 10.7. The summed E-state index contributed by atoms with van der Waals surface area (Å²) in [5, 5.41) is 0. The van der Waals surface area contributed by atoms with Crippen LogP contribution in [-0.4, -0.2) is 18.5 Å². The van der Waals surface area contributed by atoms with E-state index in [1.54, 1.807) is 36.1 Å². The summed E-state index contributed by atoms with van der Waals surface area (Å²) in [5.74, 6) is -0.498. The average molecular weight is 474 g/mol. The molecule has 0 unspecified atom stereocenters. The second-order valence-corrected chi connectivity index (χ2v) is 7.87. The van der Waals surface area contributed by atoms with Crippen molar-refractivity contribution < 1.29 is 14.3 Å². The molecule has 0 N–H and O–H groups in total. The van der Waals surface area contributed by atoms with Crippen molar-refractivity contribution in [3.05, 3.63) is 112 Å². The minimum absolute atomic E-state index is 0.120. The third-order valence-corrected chi connectivity index (χ3v) is 5.41. The molecule has 0 atom stereocenters. The zero-order valence-corrected chi connectivity index (χ0v) is 18.5. The molecule has 0 saturated heterocycles. The molecular formula is C26H20BrNO3. The number of carbonyl (C=O) groups excluding carboxylic acids is 2. The van der Waals surface area contributed by atoms with Crippen LogP contribution in [0.4, 0.5) is 5.69 Å². The first-order chi connectivity index (χ1) is 15.1. The summed E-state index contributed by atoms with van der Waals surface area (Å²) in [5.41, 5.74) is 4.40. The summed E-state index contributed by atoms with van der Waals surface area (Å²) in [6.45, 7) is 2.09. The highest BCUT2D eigenvalue weighted by Crippen LogP contribution is 2.35. The summed E-state index contributed by atoms with van der Waals surface area (Å²) >= 11 is 3.44. The highest BCUT2D eigenvalue weighted by Gasteiger charge is 2.30. The predicted molar refractivity (Wildman–Crippen MR) is 126 cm³/mol. The number of hydrogen-bond donors (Lipinski definition) is 0. The van der Waals surface area contributed by atoms with Crippen LogP contribution < -0.4 is 4.90 Å². The molecule has 0 saturated carbocycles. The van der Waals surface area contributed by atoms with E-state index in [4.69, 9.17) is 4.74 Å². The topological polar surface area (TPSA) is 46.6 Å². The minimum Gasteiger partial charge on any atom is -0.462 e. The van der Waals surface area contributed by atoms with Crippen LogP contribution in [0.25, 0.3) is 11.8 Å². The van der Waals surface area contributed by atoms with Crippen LogP contribution in [0.15, 0.2) is 95.0 Å². The molecule has 3 aromatic carbocycles. The number of benzene rings is 3. The van der Waals surface area contributed by atoms with Crippen molar-refractivity contribution in [2.75, 3.05) is 11.5 Å². The first-order valence-electron chi connectivity index (χ1n) is 9.93. The molecule has 0 fully saturated rings. The molecule has 31 heavy (non-hydrogen) atoms. The summed E-state index contributed by atoms with van der Waals surface area (Å²) < 4.78 is 6.04. The lowest BCUT2D eigenvalue weighted by molar-refractivity contribution is -0.113. The molecule has 1 heterocycles. The normalized spacial score (nSPS) is 14.6. The van der Waals surface area contributed by atoms with Crippen molar-refractivity contribution in [2.24, 2.45) is 0 Å². The van der Waals surface area contributed by atoms with E-state index in [-0.39, 0.29) is 11.9 Å². The second-order valence-electron chi connectivity index (χ2n) is 6.95. The molecule has 5 heteroatoms. The fourth-order valence-corrected chi connectivity index (χ4v) is 3.66. The summed E-state index contributed by atoms with van der Waals surface area (Å²) in [4.78, 5) is 27.0. The van der Waals surface area contributed by atoms with E-state index in [1.165, 1.54) is 0 Å². The Morgan fingerprint density at radius 1 is 0.968 bits per heavy atom. The minimum atomic E-state index is -0.378. The molecule has 0 bridgehead atoms. The number of ether oxygens (including phenoxy) is 1. The van der Waals surface area contributed by atoms with Crippen LogP contribution in [0.3, 0.4) is 0 Å². The Bertz CT molecular complexity index is 1160. The first kappa shape index (κ1) is 20.8. The molecule has 0 spiro atoms. The highest BCUT2D eigenvalue weighted by molar-refractivity contribution is 9.10. The van der Waals surface area contributed by atoms with Gasteiger partial charge in [-0.3, -0.25) is 9.69 Å². The van der Waals surface area contributed by atoms with Gasteiger partial charge in [-0.15, -0.1) is 0 Å². The number of hydrogen-bond acceptors (Lipinski definition) is 3. The SMILES string of the molecule is CCOC(=O)c1ccc(N2C(=O)/C(=C/c3ccc(Br)cc3)C=C2c2ccccc2)cc1. The van der Waals surface area contributed by atoms with Crippen molar-refractivity contribution in [1.29, 1.82) is 0 Å². The quantitative estimate of drug-likeness (QED) is 0.332. The monoisotopic (exact) mass is 473 g/mol. The van der Waals surface area contributed by atoms with Gasteiger partial charge in [0, 0.05) is 15.7 Å². The Morgan fingerprint density at radius 2 is 1.65 bits per heavy atom. The zero-order valence-electron chi connectivity index (χ0n) is 16.9. The van der Waals surface area contributed by atoms with Gasteiger partial charge in [-0.2, -0.15) is 0 Å². The van der Waals surface area contributed by atoms with Gasteiger partial charge in [0.25, 0.3) is 5.91 Å². The lowest BCUT2D eigenvalue weighted by Crippen LogP contribution is -2.25. The maximum absolute atomic E-state index is 13.4. The molecule has 4 rings (SSSR count). The maximum atomic E-state index is 13.4. The Labute approximate surface area is 189 Å². The van der Waals surface area contributed by atoms with Crippen LogP contribution in [0, 0.1) is 0 Å².